The van der Waals surface area contributed by atoms with E-state index in [-0.39, 0.29) is 17.9 Å². The van der Waals surface area contributed by atoms with E-state index in [0.717, 1.165) is 12.2 Å². The lowest BCUT2D eigenvalue weighted by Crippen LogP contribution is -2.39. The van der Waals surface area contributed by atoms with Gasteiger partial charge in [0, 0.05) is 23.0 Å². The fraction of sp³-hybridized carbons (Fsp3) is 0.429. The van der Waals surface area contributed by atoms with Gasteiger partial charge in [0.15, 0.2) is 5.78 Å². The highest BCUT2D eigenvalue weighted by Crippen LogP contribution is 2.11. The molecule has 1 atom stereocenters. The third-order valence-electron chi connectivity index (χ3n) is 2.72. The number of urea groups is 1. The maximum atomic E-state index is 11.8. The Kier molecular flexibility index (Phi) is 6.42. The number of anilines is 1. The topological polar surface area (TPSA) is 58.2 Å². The lowest BCUT2D eigenvalue weighted by molar-refractivity contribution is 0.101. The van der Waals surface area contributed by atoms with Crippen LogP contribution in [-0.4, -0.2) is 29.9 Å². The molecule has 0 aliphatic rings. The predicted octanol–water partition coefficient (Wildman–Crippen LogP) is 3.15. The Bertz CT molecular complexity index is 449. The van der Waals surface area contributed by atoms with Crippen molar-refractivity contribution in [2.75, 3.05) is 17.3 Å². The van der Waals surface area contributed by atoms with Crippen LogP contribution in [0.1, 0.15) is 30.6 Å². The average molecular weight is 280 g/mol. The summed E-state index contributed by atoms with van der Waals surface area (Å²) in [7, 11) is 0. The minimum absolute atomic E-state index is 0.0159. The Balaban J connectivity index is 2.61. The van der Waals surface area contributed by atoms with Gasteiger partial charge in [-0.25, -0.2) is 4.79 Å². The number of carbonyl (C=O) groups excluding carboxylic acids is 2. The molecule has 104 valence electrons. The molecule has 2 N–H and O–H groups in total. The second-order valence-electron chi connectivity index (χ2n) is 4.30. The van der Waals surface area contributed by atoms with E-state index in [0.29, 0.717) is 11.3 Å². The van der Waals surface area contributed by atoms with Crippen molar-refractivity contribution >= 4 is 29.3 Å². The number of amides is 2. The second-order valence-corrected chi connectivity index (χ2v) is 5.21. The lowest BCUT2D eigenvalue weighted by atomic mass is 10.1. The van der Waals surface area contributed by atoms with Gasteiger partial charge in [-0.3, -0.25) is 4.79 Å². The first-order valence-corrected chi connectivity index (χ1v) is 7.63. The first-order chi connectivity index (χ1) is 9.06. The predicted molar refractivity (Wildman–Crippen MR) is 81.1 cm³/mol. The number of hydrogen-bond donors (Lipinski definition) is 2. The van der Waals surface area contributed by atoms with E-state index in [2.05, 4.69) is 10.6 Å². The minimum atomic E-state index is -0.235. The van der Waals surface area contributed by atoms with E-state index in [4.69, 9.17) is 0 Å². The normalized spacial score (nSPS) is 11.7. The summed E-state index contributed by atoms with van der Waals surface area (Å²) in [6, 6.07) is 6.85. The van der Waals surface area contributed by atoms with E-state index >= 15 is 0 Å². The largest absolute Gasteiger partial charge is 0.334 e. The van der Waals surface area contributed by atoms with Gasteiger partial charge in [0.25, 0.3) is 0 Å². The summed E-state index contributed by atoms with van der Waals surface area (Å²) in [4.78, 5) is 23.1. The molecule has 1 rings (SSSR count). The molecule has 0 aliphatic carbocycles. The maximum Gasteiger partial charge on any atom is 0.319 e. The molecule has 5 heteroatoms. The zero-order valence-corrected chi connectivity index (χ0v) is 12.3. The molecule has 0 fully saturated rings. The van der Waals surface area contributed by atoms with Crippen LogP contribution >= 0.6 is 11.8 Å². The molecule has 1 aromatic rings. The van der Waals surface area contributed by atoms with Gasteiger partial charge in [-0.1, -0.05) is 19.1 Å². The first-order valence-electron chi connectivity index (χ1n) is 6.24. The highest BCUT2D eigenvalue weighted by molar-refractivity contribution is 7.98. The van der Waals surface area contributed by atoms with Crippen LogP contribution in [0.25, 0.3) is 0 Å². The van der Waals surface area contributed by atoms with Gasteiger partial charge in [-0.15, -0.1) is 0 Å². The number of thioether (sulfide) groups is 1. The molecule has 0 saturated heterocycles. The highest BCUT2D eigenvalue weighted by Gasteiger charge is 2.10. The molecule has 0 bridgehead atoms. The van der Waals surface area contributed by atoms with Crippen LogP contribution < -0.4 is 10.6 Å². The molecule has 0 spiro atoms. The molecule has 1 aromatic carbocycles. The maximum absolute atomic E-state index is 11.8. The van der Waals surface area contributed by atoms with Gasteiger partial charge in [0.2, 0.25) is 0 Å². The monoisotopic (exact) mass is 280 g/mol. The van der Waals surface area contributed by atoms with Gasteiger partial charge in [-0.2, -0.15) is 11.8 Å². The van der Waals surface area contributed by atoms with E-state index in [1.165, 1.54) is 6.92 Å². The summed E-state index contributed by atoms with van der Waals surface area (Å²) in [6.45, 7) is 3.54. The van der Waals surface area contributed by atoms with Crippen LogP contribution in [0.2, 0.25) is 0 Å². The minimum Gasteiger partial charge on any atom is -0.334 e. The van der Waals surface area contributed by atoms with Crippen LogP contribution in [0.3, 0.4) is 0 Å². The zero-order valence-electron chi connectivity index (χ0n) is 11.5. The van der Waals surface area contributed by atoms with Crippen molar-refractivity contribution in [3.63, 3.8) is 0 Å². The number of benzene rings is 1. The standard InChI is InChI=1S/C14H20N2O2S/c1-4-12(9-19-3)15-14(18)16-13-7-5-6-11(8-13)10(2)17/h5-8,12H,4,9H2,1-3H3,(H2,15,16,18). The highest BCUT2D eigenvalue weighted by atomic mass is 32.2. The van der Waals surface area contributed by atoms with E-state index < -0.39 is 0 Å². The number of nitrogens with one attached hydrogen (secondary N) is 2. The van der Waals surface area contributed by atoms with Crippen molar-refractivity contribution in [3.8, 4) is 0 Å². The fourth-order valence-electron chi connectivity index (χ4n) is 1.63. The van der Waals surface area contributed by atoms with Crippen molar-refractivity contribution in [2.24, 2.45) is 0 Å². The van der Waals surface area contributed by atoms with E-state index in [1.807, 2.05) is 13.2 Å². The molecular weight excluding hydrogens is 260 g/mol. The summed E-state index contributed by atoms with van der Waals surface area (Å²) < 4.78 is 0. The molecule has 4 nitrogen and oxygen atoms in total. The van der Waals surface area contributed by atoms with Crippen molar-refractivity contribution in [1.29, 1.82) is 0 Å². The Morgan fingerprint density at radius 3 is 2.68 bits per heavy atom. The van der Waals surface area contributed by atoms with Gasteiger partial charge < -0.3 is 10.6 Å². The molecule has 0 saturated carbocycles. The van der Waals surface area contributed by atoms with Crippen molar-refractivity contribution < 1.29 is 9.59 Å². The first kappa shape index (κ1) is 15.6. The van der Waals surface area contributed by atoms with Crippen molar-refractivity contribution in [1.82, 2.24) is 5.32 Å². The summed E-state index contributed by atoms with van der Waals surface area (Å²) in [5, 5.41) is 5.66. The SMILES string of the molecule is CCC(CSC)NC(=O)Nc1cccc(C(C)=O)c1. The van der Waals surface area contributed by atoms with Crippen LogP contribution in [0.5, 0.6) is 0 Å². The van der Waals surface area contributed by atoms with Crippen LogP contribution in [0.4, 0.5) is 10.5 Å². The average Bonchev–Trinajstić information content (AvgIpc) is 2.38. The number of hydrogen-bond acceptors (Lipinski definition) is 3. The third kappa shape index (κ3) is 5.34. The van der Waals surface area contributed by atoms with Gasteiger partial charge in [0.05, 0.1) is 0 Å². The molecule has 2 amide bonds. The van der Waals surface area contributed by atoms with Crippen molar-refractivity contribution in [3.05, 3.63) is 29.8 Å². The Morgan fingerprint density at radius 2 is 2.11 bits per heavy atom. The summed E-state index contributed by atoms with van der Waals surface area (Å²) >= 11 is 1.70. The Hall–Kier alpha value is -1.49. The third-order valence-corrected chi connectivity index (χ3v) is 3.46. The summed E-state index contributed by atoms with van der Waals surface area (Å²) in [5.74, 6) is 0.870. The number of Topliss-reactive ketones (excluding diaryl/α,β-unsaturated/α-hetero) is 1. The molecular formula is C14H20N2O2S. The zero-order chi connectivity index (χ0) is 14.3. The van der Waals surface area contributed by atoms with E-state index in [9.17, 15) is 9.59 Å². The molecule has 0 aromatic heterocycles. The molecule has 1 unspecified atom stereocenters. The summed E-state index contributed by atoms with van der Waals surface area (Å²) in [5.41, 5.74) is 1.22. The lowest BCUT2D eigenvalue weighted by Gasteiger charge is -2.16. The Labute approximate surface area is 118 Å². The van der Waals surface area contributed by atoms with E-state index in [1.54, 1.807) is 36.0 Å². The Morgan fingerprint density at radius 1 is 1.37 bits per heavy atom. The van der Waals surface area contributed by atoms with Crippen LogP contribution in [0, 0.1) is 0 Å². The number of carbonyl (C=O) groups is 2. The fourth-order valence-corrected chi connectivity index (χ4v) is 2.35. The smallest absolute Gasteiger partial charge is 0.319 e. The molecule has 0 aliphatic heterocycles. The quantitative estimate of drug-likeness (QED) is 0.787. The van der Waals surface area contributed by atoms with Gasteiger partial charge >= 0.3 is 6.03 Å². The van der Waals surface area contributed by atoms with Gasteiger partial charge in [-0.05, 0) is 31.7 Å². The number of ketones is 1. The molecule has 0 radical (unpaired) electrons. The van der Waals surface area contributed by atoms with Crippen LogP contribution in [-0.2, 0) is 0 Å². The van der Waals surface area contributed by atoms with Gasteiger partial charge in [0.1, 0.15) is 0 Å². The van der Waals surface area contributed by atoms with Crippen molar-refractivity contribution in [2.45, 2.75) is 26.3 Å². The summed E-state index contributed by atoms with van der Waals surface area (Å²) in [6.07, 6.45) is 2.90. The molecule has 19 heavy (non-hydrogen) atoms. The molecule has 0 heterocycles. The van der Waals surface area contributed by atoms with Crippen LogP contribution in [0.15, 0.2) is 24.3 Å². The number of rotatable bonds is 6. The second kappa shape index (κ2) is 7.84.